The summed E-state index contributed by atoms with van der Waals surface area (Å²) in [5.74, 6) is 0.230. The van der Waals surface area contributed by atoms with E-state index < -0.39 is 0 Å². The number of likely N-dealkylation sites (tertiary alicyclic amines) is 2. The van der Waals surface area contributed by atoms with Crippen molar-refractivity contribution in [1.29, 1.82) is 0 Å². The van der Waals surface area contributed by atoms with E-state index in [1.54, 1.807) is 0 Å². The van der Waals surface area contributed by atoms with Gasteiger partial charge in [0.25, 0.3) is 0 Å². The lowest BCUT2D eigenvalue weighted by atomic mass is 10.0. The molecule has 0 radical (unpaired) electrons. The predicted octanol–water partition coefficient (Wildman–Crippen LogP) is 3.20. The first kappa shape index (κ1) is 18.4. The number of hydrogen-bond acceptors (Lipinski definition) is 3. The lowest BCUT2D eigenvalue weighted by molar-refractivity contribution is -0.127. The van der Waals surface area contributed by atoms with Gasteiger partial charge in [0.1, 0.15) is 0 Å². The lowest BCUT2D eigenvalue weighted by Crippen LogP contribution is -2.51. The van der Waals surface area contributed by atoms with Crippen LogP contribution in [0.5, 0.6) is 0 Å². The molecule has 2 fully saturated rings. The van der Waals surface area contributed by atoms with Crippen molar-refractivity contribution in [3.63, 3.8) is 0 Å². The van der Waals surface area contributed by atoms with Crippen LogP contribution in [-0.4, -0.2) is 54.5 Å². The highest BCUT2D eigenvalue weighted by molar-refractivity contribution is 5.81. The molecule has 2 heterocycles. The number of piperidine rings is 1. The molecule has 1 N–H and O–H groups in total. The highest BCUT2D eigenvalue weighted by atomic mass is 16.2. The molecule has 4 heteroatoms. The standard InChI is InChI=1S/C21H33N3O/c1-2-13-23-14-7-6-12-19(23)21(25)22-17-20(24-15-8-9-16-24)18-10-4-3-5-11-18/h3-5,10-11,19-20H,2,6-9,12-17H2,1H3,(H,22,25). The topological polar surface area (TPSA) is 35.6 Å². The molecule has 0 aromatic heterocycles. The first-order valence-corrected chi connectivity index (χ1v) is 10.1. The quantitative estimate of drug-likeness (QED) is 0.826. The molecule has 0 spiro atoms. The summed E-state index contributed by atoms with van der Waals surface area (Å²) in [4.78, 5) is 17.8. The summed E-state index contributed by atoms with van der Waals surface area (Å²) >= 11 is 0. The van der Waals surface area contributed by atoms with Crippen molar-refractivity contribution in [3.05, 3.63) is 35.9 Å². The maximum Gasteiger partial charge on any atom is 0.237 e. The number of rotatable bonds is 7. The Balaban J connectivity index is 1.62. The molecule has 25 heavy (non-hydrogen) atoms. The van der Waals surface area contributed by atoms with E-state index in [1.807, 2.05) is 0 Å². The van der Waals surface area contributed by atoms with Crippen LogP contribution >= 0.6 is 0 Å². The highest BCUT2D eigenvalue weighted by Gasteiger charge is 2.29. The molecule has 2 unspecified atom stereocenters. The molecule has 2 aliphatic heterocycles. The Bertz CT molecular complexity index is 525. The average molecular weight is 344 g/mol. The average Bonchev–Trinajstić information content (AvgIpc) is 3.18. The van der Waals surface area contributed by atoms with Crippen molar-refractivity contribution in [2.75, 3.05) is 32.7 Å². The Labute approximate surface area is 152 Å². The van der Waals surface area contributed by atoms with E-state index >= 15 is 0 Å². The van der Waals surface area contributed by atoms with Gasteiger partial charge in [0.05, 0.1) is 12.1 Å². The molecule has 2 saturated heterocycles. The number of hydrogen-bond donors (Lipinski definition) is 1. The second kappa shape index (κ2) is 9.35. The van der Waals surface area contributed by atoms with Crippen molar-refractivity contribution >= 4 is 5.91 Å². The third-order valence-corrected chi connectivity index (χ3v) is 5.66. The van der Waals surface area contributed by atoms with E-state index in [-0.39, 0.29) is 11.9 Å². The van der Waals surface area contributed by atoms with Gasteiger partial charge in [-0.05, 0) is 63.8 Å². The summed E-state index contributed by atoms with van der Waals surface area (Å²) in [6, 6.07) is 11.0. The lowest BCUT2D eigenvalue weighted by Gasteiger charge is -2.35. The number of benzene rings is 1. The van der Waals surface area contributed by atoms with Crippen LogP contribution < -0.4 is 5.32 Å². The number of nitrogens with zero attached hydrogens (tertiary/aromatic N) is 2. The normalized spacial score (nSPS) is 23.5. The maximum absolute atomic E-state index is 12.9. The van der Waals surface area contributed by atoms with Gasteiger partial charge in [-0.25, -0.2) is 0 Å². The van der Waals surface area contributed by atoms with Crippen molar-refractivity contribution in [3.8, 4) is 0 Å². The van der Waals surface area contributed by atoms with Crippen LogP contribution in [0.3, 0.4) is 0 Å². The van der Waals surface area contributed by atoms with Gasteiger partial charge >= 0.3 is 0 Å². The van der Waals surface area contributed by atoms with E-state index in [1.165, 1.54) is 31.2 Å². The minimum absolute atomic E-state index is 0.0729. The monoisotopic (exact) mass is 343 g/mol. The number of nitrogens with one attached hydrogen (secondary N) is 1. The summed E-state index contributed by atoms with van der Waals surface area (Å²) in [5, 5.41) is 3.29. The molecule has 0 aliphatic carbocycles. The van der Waals surface area contributed by atoms with Crippen LogP contribution in [0, 0.1) is 0 Å². The molecule has 138 valence electrons. The minimum atomic E-state index is 0.0729. The summed E-state index contributed by atoms with van der Waals surface area (Å²) in [5.41, 5.74) is 1.32. The first-order valence-electron chi connectivity index (χ1n) is 10.1. The number of carbonyl (C=O) groups is 1. The van der Waals surface area contributed by atoms with Gasteiger partial charge in [-0.2, -0.15) is 0 Å². The molecule has 1 aromatic rings. The van der Waals surface area contributed by atoms with Gasteiger partial charge in [-0.1, -0.05) is 43.7 Å². The van der Waals surface area contributed by atoms with Crippen LogP contribution in [0.25, 0.3) is 0 Å². The molecule has 3 rings (SSSR count). The minimum Gasteiger partial charge on any atom is -0.353 e. The fourth-order valence-corrected chi connectivity index (χ4v) is 4.34. The van der Waals surface area contributed by atoms with Gasteiger partial charge in [-0.3, -0.25) is 14.6 Å². The number of carbonyl (C=O) groups excluding carboxylic acids is 1. The largest absolute Gasteiger partial charge is 0.353 e. The zero-order chi connectivity index (χ0) is 17.5. The smallest absolute Gasteiger partial charge is 0.237 e. The Kier molecular flexibility index (Phi) is 6.88. The van der Waals surface area contributed by atoms with Gasteiger partial charge in [-0.15, -0.1) is 0 Å². The Hall–Kier alpha value is -1.39. The fraction of sp³-hybridized carbons (Fsp3) is 0.667. The van der Waals surface area contributed by atoms with Gasteiger partial charge in [0, 0.05) is 6.54 Å². The second-order valence-corrected chi connectivity index (χ2v) is 7.46. The highest BCUT2D eigenvalue weighted by Crippen LogP contribution is 2.25. The molecule has 2 aliphatic rings. The van der Waals surface area contributed by atoms with Crippen LogP contribution in [0.4, 0.5) is 0 Å². The van der Waals surface area contributed by atoms with E-state index in [2.05, 4.69) is 52.4 Å². The van der Waals surface area contributed by atoms with Gasteiger partial charge in [0.2, 0.25) is 5.91 Å². The van der Waals surface area contributed by atoms with Crippen molar-refractivity contribution in [2.45, 2.75) is 57.5 Å². The molecule has 2 atom stereocenters. The molecule has 4 nitrogen and oxygen atoms in total. The third-order valence-electron chi connectivity index (χ3n) is 5.66. The molecular weight excluding hydrogens is 310 g/mol. The Morgan fingerprint density at radius 3 is 2.56 bits per heavy atom. The van der Waals surface area contributed by atoms with Crippen molar-refractivity contribution in [1.82, 2.24) is 15.1 Å². The van der Waals surface area contributed by atoms with Crippen LogP contribution in [0.2, 0.25) is 0 Å². The Morgan fingerprint density at radius 2 is 1.84 bits per heavy atom. The fourth-order valence-electron chi connectivity index (χ4n) is 4.34. The number of amides is 1. The zero-order valence-corrected chi connectivity index (χ0v) is 15.6. The van der Waals surface area contributed by atoms with Crippen molar-refractivity contribution < 1.29 is 4.79 Å². The summed E-state index contributed by atoms with van der Waals surface area (Å²) in [6.45, 7) is 7.30. The maximum atomic E-state index is 12.9. The van der Waals surface area contributed by atoms with E-state index in [9.17, 15) is 4.79 Å². The SMILES string of the molecule is CCCN1CCCCC1C(=O)NCC(c1ccccc1)N1CCCC1. The zero-order valence-electron chi connectivity index (χ0n) is 15.6. The Morgan fingerprint density at radius 1 is 1.12 bits per heavy atom. The summed E-state index contributed by atoms with van der Waals surface area (Å²) < 4.78 is 0. The van der Waals surface area contributed by atoms with Gasteiger partial charge < -0.3 is 5.32 Å². The van der Waals surface area contributed by atoms with Crippen LogP contribution in [0.15, 0.2) is 30.3 Å². The second-order valence-electron chi connectivity index (χ2n) is 7.46. The molecule has 0 saturated carbocycles. The third kappa shape index (κ3) is 4.83. The molecule has 1 amide bonds. The molecular formula is C21H33N3O. The first-order chi connectivity index (χ1) is 12.3. The van der Waals surface area contributed by atoms with Crippen LogP contribution in [-0.2, 0) is 4.79 Å². The van der Waals surface area contributed by atoms with E-state index in [0.29, 0.717) is 6.04 Å². The van der Waals surface area contributed by atoms with Crippen molar-refractivity contribution in [2.24, 2.45) is 0 Å². The van der Waals surface area contributed by atoms with E-state index in [4.69, 9.17) is 0 Å². The predicted molar refractivity (Wildman–Crippen MR) is 103 cm³/mol. The molecule has 0 bridgehead atoms. The van der Waals surface area contributed by atoms with Gasteiger partial charge in [0.15, 0.2) is 0 Å². The van der Waals surface area contributed by atoms with Crippen LogP contribution in [0.1, 0.15) is 57.1 Å². The van der Waals surface area contributed by atoms with E-state index in [0.717, 1.165) is 45.6 Å². The summed E-state index contributed by atoms with van der Waals surface area (Å²) in [6.07, 6.45) is 7.06. The summed E-state index contributed by atoms with van der Waals surface area (Å²) in [7, 11) is 0. The molecule has 1 aromatic carbocycles.